The van der Waals surface area contributed by atoms with E-state index in [-0.39, 0.29) is 11.6 Å². The Balaban J connectivity index is 0.000000574. The Bertz CT molecular complexity index is 526. The van der Waals surface area contributed by atoms with E-state index in [1.807, 2.05) is 0 Å². The third-order valence-corrected chi connectivity index (χ3v) is 2.83. The first kappa shape index (κ1) is 11.9. The predicted molar refractivity (Wildman–Crippen MR) is 66.5 cm³/mol. The predicted octanol–water partition coefficient (Wildman–Crippen LogP) is 2.53. The summed E-state index contributed by atoms with van der Waals surface area (Å²) in [5.74, 6) is -0.128. The summed E-state index contributed by atoms with van der Waals surface area (Å²) in [5.41, 5.74) is 2.02. The molecule has 4 heteroatoms. The van der Waals surface area contributed by atoms with Gasteiger partial charge in [0.15, 0.2) is 11.6 Å². The van der Waals surface area contributed by atoms with Gasteiger partial charge in [-0.05, 0) is 0 Å². The zero-order chi connectivity index (χ0) is 13.1. The van der Waals surface area contributed by atoms with Gasteiger partial charge in [-0.3, -0.25) is 9.59 Å². The van der Waals surface area contributed by atoms with Gasteiger partial charge in [-0.15, -0.1) is 0 Å². The highest BCUT2D eigenvalue weighted by molar-refractivity contribution is 6.28. The summed E-state index contributed by atoms with van der Waals surface area (Å²) >= 11 is 0. The summed E-state index contributed by atoms with van der Waals surface area (Å²) in [4.78, 5) is 38.2. The molecule has 2 aromatic rings. The molecule has 0 unspecified atom stereocenters. The lowest BCUT2D eigenvalue weighted by atomic mass is 9.84. The second-order valence-electron chi connectivity index (χ2n) is 3.75. The van der Waals surface area contributed by atoms with Crippen molar-refractivity contribution in [2.45, 2.75) is 0 Å². The van der Waals surface area contributed by atoms with Gasteiger partial charge in [0.25, 0.3) is 0 Å². The molecule has 0 radical (unpaired) electrons. The van der Waals surface area contributed by atoms with Crippen LogP contribution in [0, 0.1) is 9.93 Å². The summed E-state index contributed by atoms with van der Waals surface area (Å²) in [7, 11) is 0. The van der Waals surface area contributed by atoms with Crippen LogP contribution in [-0.4, -0.2) is 11.6 Å². The Morgan fingerprint density at radius 2 is 0.722 bits per heavy atom. The van der Waals surface area contributed by atoms with E-state index in [4.69, 9.17) is 9.93 Å². The van der Waals surface area contributed by atoms with E-state index in [1.54, 1.807) is 48.5 Å². The number of benzene rings is 2. The van der Waals surface area contributed by atoms with Crippen LogP contribution in [0.2, 0.25) is 0 Å². The lowest BCUT2D eigenvalue weighted by Gasteiger charge is -2.16. The lowest BCUT2D eigenvalue weighted by molar-refractivity contribution is 0.0979. The molecule has 0 N–H and O–H groups in total. The van der Waals surface area contributed by atoms with Crippen molar-refractivity contribution in [3.63, 3.8) is 0 Å². The number of rotatable bonds is 0. The number of hydrogen-bond donors (Lipinski definition) is 0. The maximum atomic E-state index is 12.1. The molecule has 0 atom stereocenters. The van der Waals surface area contributed by atoms with E-state index in [9.17, 15) is 9.59 Å². The molecule has 0 spiro atoms. The van der Waals surface area contributed by atoms with Gasteiger partial charge in [0.1, 0.15) is 0 Å². The second-order valence-corrected chi connectivity index (χ2v) is 3.75. The van der Waals surface area contributed by atoms with Crippen LogP contribution in [0.3, 0.4) is 0 Å². The number of carbonyl (C=O) groups excluding carboxylic acids is 2. The molecule has 2 aromatic carbocycles. The highest BCUT2D eigenvalue weighted by Gasteiger charge is 2.28. The molecule has 0 aromatic heterocycles. The highest BCUT2D eigenvalue weighted by atomic mass is 16.7. The molecule has 1 aliphatic carbocycles. The van der Waals surface area contributed by atoms with Gasteiger partial charge in [0.05, 0.1) is 0 Å². The van der Waals surface area contributed by atoms with Crippen LogP contribution in [0.15, 0.2) is 48.5 Å². The molecule has 0 amide bonds. The van der Waals surface area contributed by atoms with E-state index in [2.05, 4.69) is 0 Å². The lowest BCUT2D eigenvalue weighted by Crippen LogP contribution is -2.20. The molecule has 18 heavy (non-hydrogen) atoms. The van der Waals surface area contributed by atoms with Crippen LogP contribution < -0.4 is 0 Å². The average molecular weight is 240 g/mol. The van der Waals surface area contributed by atoms with Crippen LogP contribution >= 0.6 is 0 Å². The minimum Gasteiger partial charge on any atom is -0.289 e. The van der Waals surface area contributed by atoms with E-state index in [1.165, 1.54) is 0 Å². The minimum atomic E-state index is -0.0641. The van der Waals surface area contributed by atoms with Gasteiger partial charge in [-0.1, -0.05) is 48.5 Å². The first-order valence-corrected chi connectivity index (χ1v) is 5.23. The fourth-order valence-electron chi connectivity index (χ4n) is 2.05. The SMILES string of the molecule is O=C1c2ccccc2C(=O)c2ccccc21.O=O. The van der Waals surface area contributed by atoms with E-state index in [0.717, 1.165) is 0 Å². The van der Waals surface area contributed by atoms with Crippen LogP contribution in [0.5, 0.6) is 0 Å². The smallest absolute Gasteiger partial charge is 0.194 e. The van der Waals surface area contributed by atoms with Crippen molar-refractivity contribution in [1.29, 1.82) is 0 Å². The Hall–Kier alpha value is -2.62. The van der Waals surface area contributed by atoms with Gasteiger partial charge in [-0.25, -0.2) is 0 Å². The summed E-state index contributed by atoms with van der Waals surface area (Å²) in [6.45, 7) is 0. The number of fused-ring (bicyclic) bond motifs is 2. The standard InChI is InChI=1S/C14H8O2.O2/c15-13-9-5-1-2-6-10(9)14(16)12-8-4-3-7-11(12)13;1-2/h1-8H;. The molecular formula is C14H8O4. The first-order chi connectivity index (χ1) is 8.79. The van der Waals surface area contributed by atoms with Gasteiger partial charge in [-0.2, -0.15) is 0 Å². The Kier molecular flexibility index (Phi) is 3.10. The summed E-state index contributed by atoms with van der Waals surface area (Å²) < 4.78 is 0. The van der Waals surface area contributed by atoms with Gasteiger partial charge in [0, 0.05) is 32.2 Å². The minimum absolute atomic E-state index is 0.0641. The maximum absolute atomic E-state index is 12.1. The van der Waals surface area contributed by atoms with Gasteiger partial charge in [0.2, 0.25) is 0 Å². The van der Waals surface area contributed by atoms with E-state index in [0.29, 0.717) is 22.3 Å². The number of carbonyl (C=O) groups is 2. The van der Waals surface area contributed by atoms with Crippen molar-refractivity contribution in [2.24, 2.45) is 0 Å². The molecule has 0 heterocycles. The first-order valence-electron chi connectivity index (χ1n) is 5.23. The zero-order valence-electron chi connectivity index (χ0n) is 9.25. The fraction of sp³-hybridized carbons (Fsp3) is 0. The van der Waals surface area contributed by atoms with Crippen molar-refractivity contribution in [2.75, 3.05) is 0 Å². The summed E-state index contributed by atoms with van der Waals surface area (Å²) in [6.07, 6.45) is 0. The molecule has 0 aliphatic heterocycles. The van der Waals surface area contributed by atoms with Crippen molar-refractivity contribution in [3.8, 4) is 0 Å². The molecule has 0 fully saturated rings. The molecule has 0 saturated carbocycles. The molecule has 0 bridgehead atoms. The summed E-state index contributed by atoms with van der Waals surface area (Å²) in [5, 5.41) is 0. The Morgan fingerprint density at radius 3 is 0.944 bits per heavy atom. The van der Waals surface area contributed by atoms with E-state index < -0.39 is 0 Å². The van der Waals surface area contributed by atoms with Crippen LogP contribution in [0.4, 0.5) is 0 Å². The number of ketones is 2. The van der Waals surface area contributed by atoms with Crippen LogP contribution in [0.1, 0.15) is 31.8 Å². The maximum Gasteiger partial charge on any atom is 0.194 e. The number of hydrogen-bond acceptors (Lipinski definition) is 4. The van der Waals surface area contributed by atoms with Crippen molar-refractivity contribution < 1.29 is 9.59 Å². The summed E-state index contributed by atoms with van der Waals surface area (Å²) in [6, 6.07) is 13.9. The van der Waals surface area contributed by atoms with Crippen LogP contribution in [0.25, 0.3) is 0 Å². The fourth-order valence-corrected chi connectivity index (χ4v) is 2.05. The molecule has 88 valence electrons. The van der Waals surface area contributed by atoms with Crippen molar-refractivity contribution >= 4 is 11.6 Å². The zero-order valence-corrected chi connectivity index (χ0v) is 9.25. The third-order valence-electron chi connectivity index (χ3n) is 2.83. The molecule has 3 rings (SSSR count). The van der Waals surface area contributed by atoms with Crippen molar-refractivity contribution in [3.05, 3.63) is 80.7 Å². The van der Waals surface area contributed by atoms with Crippen LogP contribution in [-0.2, 0) is 0 Å². The van der Waals surface area contributed by atoms with E-state index >= 15 is 0 Å². The molecule has 1 aliphatic rings. The Morgan fingerprint density at radius 1 is 0.500 bits per heavy atom. The topological polar surface area (TPSA) is 68.3 Å². The van der Waals surface area contributed by atoms with Gasteiger partial charge >= 0.3 is 0 Å². The second kappa shape index (κ2) is 4.71. The average Bonchev–Trinajstić information content (AvgIpc) is 2.47. The molecule has 4 nitrogen and oxygen atoms in total. The molecule has 0 saturated heterocycles. The largest absolute Gasteiger partial charge is 0.289 e. The Labute approximate surface area is 102 Å². The quantitative estimate of drug-likeness (QED) is 0.605. The monoisotopic (exact) mass is 240 g/mol. The third kappa shape index (κ3) is 1.64. The highest BCUT2D eigenvalue weighted by Crippen LogP contribution is 2.26. The molecular weight excluding hydrogens is 232 g/mol. The van der Waals surface area contributed by atoms with Crippen molar-refractivity contribution in [1.82, 2.24) is 0 Å². The van der Waals surface area contributed by atoms with Gasteiger partial charge < -0.3 is 0 Å². The normalized spacial score (nSPS) is 12.0.